The van der Waals surface area contributed by atoms with Crippen LogP contribution in [0.4, 0.5) is 0 Å². The highest BCUT2D eigenvalue weighted by atomic mass is 79.9. The maximum Gasteiger partial charge on any atom is 0.232 e. The van der Waals surface area contributed by atoms with Crippen molar-refractivity contribution in [1.82, 2.24) is 4.90 Å². The Morgan fingerprint density at radius 1 is 1.25 bits per heavy atom. The zero-order chi connectivity index (χ0) is 20.4. The maximum atomic E-state index is 13.1. The van der Waals surface area contributed by atoms with Gasteiger partial charge in [-0.1, -0.05) is 29.8 Å². The van der Waals surface area contributed by atoms with Crippen LogP contribution in [0.15, 0.2) is 34.5 Å². The lowest BCUT2D eigenvalue weighted by atomic mass is 9.99. The Labute approximate surface area is 173 Å². The van der Waals surface area contributed by atoms with E-state index < -0.39 is 0 Å². The number of methoxy groups -OCH3 is 1. The van der Waals surface area contributed by atoms with Crippen LogP contribution in [0.2, 0.25) is 0 Å². The van der Waals surface area contributed by atoms with Gasteiger partial charge in [-0.3, -0.25) is 9.69 Å². The lowest BCUT2D eigenvalue weighted by Gasteiger charge is -2.20. The molecule has 0 bridgehead atoms. The van der Waals surface area contributed by atoms with E-state index in [1.165, 1.54) is 0 Å². The molecule has 148 valence electrons. The summed E-state index contributed by atoms with van der Waals surface area (Å²) >= 11 is 3.44. The van der Waals surface area contributed by atoms with E-state index in [-0.39, 0.29) is 17.3 Å². The van der Waals surface area contributed by atoms with Gasteiger partial charge in [-0.05, 0) is 55.9 Å². The van der Waals surface area contributed by atoms with Crippen LogP contribution >= 0.6 is 15.9 Å². The molecule has 0 amide bonds. The Morgan fingerprint density at radius 2 is 1.96 bits per heavy atom. The van der Waals surface area contributed by atoms with Gasteiger partial charge in [-0.2, -0.15) is 0 Å². The largest absolute Gasteiger partial charge is 0.507 e. The number of phenolic OH excluding ortho intramolecular Hbond substituents is 1. The van der Waals surface area contributed by atoms with Gasteiger partial charge >= 0.3 is 0 Å². The van der Waals surface area contributed by atoms with Crippen LogP contribution < -0.4 is 9.47 Å². The number of carbonyl (C=O) groups excluding carboxylic acids is 1. The second kappa shape index (κ2) is 8.37. The molecule has 0 fully saturated rings. The van der Waals surface area contributed by atoms with E-state index >= 15 is 0 Å². The van der Waals surface area contributed by atoms with E-state index in [2.05, 4.69) is 34.7 Å². The van der Waals surface area contributed by atoms with Crippen LogP contribution in [-0.4, -0.2) is 36.0 Å². The van der Waals surface area contributed by atoms with Crippen molar-refractivity contribution in [1.29, 1.82) is 0 Å². The summed E-state index contributed by atoms with van der Waals surface area (Å²) in [6.07, 6.45) is 1.68. The number of aryl methyl sites for hydroxylation is 1. The highest BCUT2D eigenvalue weighted by Gasteiger charge is 2.33. The van der Waals surface area contributed by atoms with Crippen LogP contribution in [0.25, 0.3) is 6.08 Å². The average molecular weight is 446 g/mol. The molecule has 0 saturated carbocycles. The van der Waals surface area contributed by atoms with E-state index in [1.54, 1.807) is 19.3 Å². The zero-order valence-electron chi connectivity index (χ0n) is 16.5. The van der Waals surface area contributed by atoms with Gasteiger partial charge in [0, 0.05) is 16.6 Å². The first kappa shape index (κ1) is 20.4. The number of ketones is 1. The predicted molar refractivity (Wildman–Crippen MR) is 113 cm³/mol. The van der Waals surface area contributed by atoms with Crippen LogP contribution in [0, 0.1) is 6.92 Å². The number of Topliss-reactive ketones (excluding diaryl/α,β-unsaturated/α-hetero) is 1. The number of phenols is 1. The minimum absolute atomic E-state index is 0.150. The smallest absolute Gasteiger partial charge is 0.232 e. The van der Waals surface area contributed by atoms with Gasteiger partial charge < -0.3 is 14.6 Å². The summed E-state index contributed by atoms with van der Waals surface area (Å²) in [5, 5.41) is 10.5. The lowest BCUT2D eigenvalue weighted by Crippen LogP contribution is -2.22. The second-order valence-electron chi connectivity index (χ2n) is 6.68. The van der Waals surface area contributed by atoms with E-state index in [0.29, 0.717) is 34.7 Å². The van der Waals surface area contributed by atoms with Crippen molar-refractivity contribution in [3.63, 3.8) is 0 Å². The SMILES string of the molecule is CCN(CC)Cc1c(O)cc(C)c2c1O/C(=C\c1cc(Br)ccc1OC)C2=O. The number of rotatable bonds is 6. The highest BCUT2D eigenvalue weighted by Crippen LogP contribution is 2.42. The van der Waals surface area contributed by atoms with Gasteiger partial charge in [0.15, 0.2) is 5.76 Å². The summed E-state index contributed by atoms with van der Waals surface area (Å²) in [7, 11) is 1.59. The molecule has 6 heteroatoms. The number of ether oxygens (including phenoxy) is 2. The molecule has 28 heavy (non-hydrogen) atoms. The molecule has 1 heterocycles. The Balaban J connectivity index is 2.07. The van der Waals surface area contributed by atoms with Gasteiger partial charge in [0.2, 0.25) is 5.78 Å². The van der Waals surface area contributed by atoms with Crippen LogP contribution in [0.5, 0.6) is 17.2 Å². The molecule has 2 aromatic rings. The number of halogens is 1. The molecule has 3 rings (SSSR count). The van der Waals surface area contributed by atoms with Crippen molar-refractivity contribution in [3.8, 4) is 17.2 Å². The van der Waals surface area contributed by atoms with Crippen molar-refractivity contribution >= 4 is 27.8 Å². The molecule has 0 radical (unpaired) electrons. The van der Waals surface area contributed by atoms with Crippen molar-refractivity contribution in [2.75, 3.05) is 20.2 Å². The number of nitrogens with zero attached hydrogens (tertiary/aromatic N) is 1. The Bertz CT molecular complexity index is 948. The first-order valence-electron chi connectivity index (χ1n) is 9.25. The Morgan fingerprint density at radius 3 is 2.61 bits per heavy atom. The number of hydrogen-bond donors (Lipinski definition) is 1. The molecule has 1 N–H and O–H groups in total. The molecule has 0 saturated heterocycles. The molecular formula is C22H24BrNO4. The third-order valence-corrected chi connectivity index (χ3v) is 5.47. The van der Waals surface area contributed by atoms with E-state index in [4.69, 9.17) is 9.47 Å². The van der Waals surface area contributed by atoms with E-state index in [1.807, 2.05) is 25.1 Å². The van der Waals surface area contributed by atoms with Gasteiger partial charge in [-0.15, -0.1) is 0 Å². The number of allylic oxidation sites excluding steroid dienone is 1. The second-order valence-corrected chi connectivity index (χ2v) is 7.60. The summed E-state index contributed by atoms with van der Waals surface area (Å²) in [6.45, 7) is 8.12. The molecule has 0 atom stereocenters. The average Bonchev–Trinajstić information content (AvgIpc) is 2.99. The van der Waals surface area contributed by atoms with Crippen molar-refractivity contribution < 1.29 is 19.4 Å². The van der Waals surface area contributed by atoms with E-state index in [9.17, 15) is 9.90 Å². The molecule has 2 aromatic carbocycles. The fourth-order valence-electron chi connectivity index (χ4n) is 3.36. The maximum absolute atomic E-state index is 13.1. The van der Waals surface area contributed by atoms with Gasteiger partial charge in [0.25, 0.3) is 0 Å². The normalized spacial score (nSPS) is 14.5. The van der Waals surface area contributed by atoms with Crippen LogP contribution in [0.1, 0.15) is 40.9 Å². The number of carbonyl (C=O) groups is 1. The number of hydrogen-bond acceptors (Lipinski definition) is 5. The molecular weight excluding hydrogens is 422 g/mol. The summed E-state index contributed by atoms with van der Waals surface area (Å²) in [5.41, 5.74) is 2.59. The van der Waals surface area contributed by atoms with Gasteiger partial charge in [0.05, 0.1) is 18.2 Å². The Hall–Kier alpha value is -2.31. The lowest BCUT2D eigenvalue weighted by molar-refractivity contribution is 0.101. The molecule has 0 aromatic heterocycles. The highest BCUT2D eigenvalue weighted by molar-refractivity contribution is 9.10. The summed E-state index contributed by atoms with van der Waals surface area (Å²) in [4.78, 5) is 15.2. The molecule has 1 aliphatic heterocycles. The molecule has 5 nitrogen and oxygen atoms in total. The quantitative estimate of drug-likeness (QED) is 0.638. The van der Waals surface area contributed by atoms with Crippen molar-refractivity contribution in [2.45, 2.75) is 27.3 Å². The minimum atomic E-state index is -0.185. The summed E-state index contributed by atoms with van der Waals surface area (Å²) in [5.74, 6) is 1.29. The van der Waals surface area contributed by atoms with Crippen molar-refractivity contribution in [3.05, 3.63) is 56.8 Å². The monoisotopic (exact) mass is 445 g/mol. The van der Waals surface area contributed by atoms with Gasteiger partial charge in [-0.25, -0.2) is 0 Å². The number of aromatic hydroxyl groups is 1. The summed E-state index contributed by atoms with van der Waals surface area (Å²) in [6, 6.07) is 7.21. The molecule has 0 unspecified atom stereocenters. The molecule has 0 aliphatic carbocycles. The molecule has 0 spiro atoms. The van der Waals surface area contributed by atoms with E-state index in [0.717, 1.165) is 23.1 Å². The number of benzene rings is 2. The van der Waals surface area contributed by atoms with Crippen molar-refractivity contribution in [2.24, 2.45) is 0 Å². The Kier molecular flexibility index (Phi) is 6.10. The standard InChI is InChI=1S/C22H24BrNO4/c1-5-24(6-2)12-16-17(25)9-13(3)20-21(26)19(28-22(16)20)11-14-10-15(23)7-8-18(14)27-4/h7-11,25H,5-6,12H2,1-4H3/b19-11-. The summed E-state index contributed by atoms with van der Waals surface area (Å²) < 4.78 is 12.3. The predicted octanol–water partition coefficient (Wildman–Crippen LogP) is 4.93. The topological polar surface area (TPSA) is 59.0 Å². The number of fused-ring (bicyclic) bond motifs is 1. The van der Waals surface area contributed by atoms with Crippen LogP contribution in [-0.2, 0) is 6.54 Å². The minimum Gasteiger partial charge on any atom is -0.507 e. The fraction of sp³-hybridized carbons (Fsp3) is 0.318. The third kappa shape index (κ3) is 3.80. The fourth-order valence-corrected chi connectivity index (χ4v) is 3.74. The molecule has 1 aliphatic rings. The van der Waals surface area contributed by atoms with Crippen LogP contribution in [0.3, 0.4) is 0 Å². The van der Waals surface area contributed by atoms with Gasteiger partial charge in [0.1, 0.15) is 17.2 Å². The first-order chi connectivity index (χ1) is 13.4. The third-order valence-electron chi connectivity index (χ3n) is 4.98. The first-order valence-corrected chi connectivity index (χ1v) is 10.0. The zero-order valence-corrected chi connectivity index (χ0v) is 18.1.